The van der Waals surface area contributed by atoms with Crippen LogP contribution < -0.4 is 4.74 Å². The van der Waals surface area contributed by atoms with Crippen LogP contribution in [0.25, 0.3) is 0 Å². The molecule has 0 saturated heterocycles. The van der Waals surface area contributed by atoms with Crippen LogP contribution >= 0.6 is 11.6 Å². The van der Waals surface area contributed by atoms with Gasteiger partial charge in [-0.15, -0.1) is 0 Å². The molecule has 0 aliphatic carbocycles. The summed E-state index contributed by atoms with van der Waals surface area (Å²) in [7, 11) is 0. The molecule has 0 amide bonds. The van der Waals surface area contributed by atoms with Crippen LogP contribution in [-0.2, 0) is 0 Å². The third-order valence-corrected chi connectivity index (χ3v) is 2.69. The van der Waals surface area contributed by atoms with Crippen LogP contribution in [0.1, 0.15) is 29.8 Å². The highest BCUT2D eigenvalue weighted by Gasteiger charge is 2.15. The van der Waals surface area contributed by atoms with E-state index in [4.69, 9.17) is 16.3 Å². The fraction of sp³-hybridized carbons (Fsp3) is 0.200. The lowest BCUT2D eigenvalue weighted by atomic mass is 10.0. The van der Waals surface area contributed by atoms with Crippen molar-refractivity contribution < 1.29 is 9.53 Å². The fourth-order valence-electron chi connectivity index (χ4n) is 1.71. The molecule has 0 atom stereocenters. The second-order valence-electron chi connectivity index (χ2n) is 4.36. The number of ether oxygens (including phenoxy) is 1. The Labute approximate surface area is 117 Å². The van der Waals surface area contributed by atoms with Crippen molar-refractivity contribution in [3.63, 3.8) is 0 Å². The summed E-state index contributed by atoms with van der Waals surface area (Å²) in [5.74, 6) is 0.455. The van der Waals surface area contributed by atoms with Crippen LogP contribution in [0.5, 0.6) is 5.75 Å². The van der Waals surface area contributed by atoms with Gasteiger partial charge in [0.15, 0.2) is 5.78 Å². The summed E-state index contributed by atoms with van der Waals surface area (Å²) in [6.07, 6.45) is 1.52. The van der Waals surface area contributed by atoms with Crippen molar-refractivity contribution in [2.24, 2.45) is 0 Å². The van der Waals surface area contributed by atoms with Crippen LogP contribution in [0.3, 0.4) is 0 Å². The molecule has 0 aliphatic rings. The van der Waals surface area contributed by atoms with Gasteiger partial charge in [-0.2, -0.15) is 0 Å². The number of ketones is 1. The lowest BCUT2D eigenvalue weighted by molar-refractivity contribution is 0.103. The van der Waals surface area contributed by atoms with Crippen molar-refractivity contribution in [2.75, 3.05) is 0 Å². The molecule has 0 fully saturated rings. The summed E-state index contributed by atoms with van der Waals surface area (Å²) in [4.78, 5) is 16.3. The smallest absolute Gasteiger partial charge is 0.196 e. The summed E-state index contributed by atoms with van der Waals surface area (Å²) < 4.78 is 5.65. The van der Waals surface area contributed by atoms with Crippen LogP contribution in [0.2, 0.25) is 5.15 Å². The number of para-hydroxylation sites is 1. The van der Waals surface area contributed by atoms with Crippen molar-refractivity contribution in [2.45, 2.75) is 20.0 Å². The molecule has 0 N–H and O–H groups in total. The molecule has 2 rings (SSSR count). The normalized spacial score (nSPS) is 10.5. The second-order valence-corrected chi connectivity index (χ2v) is 4.75. The maximum atomic E-state index is 12.4. The van der Waals surface area contributed by atoms with Gasteiger partial charge in [0.25, 0.3) is 0 Å². The van der Waals surface area contributed by atoms with Crippen LogP contribution in [0.4, 0.5) is 0 Å². The minimum atomic E-state index is -0.124. The summed E-state index contributed by atoms with van der Waals surface area (Å²) in [5.41, 5.74) is 1.03. The van der Waals surface area contributed by atoms with E-state index in [0.717, 1.165) is 0 Å². The molecule has 4 heteroatoms. The molecule has 0 aliphatic heterocycles. The van der Waals surface area contributed by atoms with Gasteiger partial charge in [0, 0.05) is 11.8 Å². The molecule has 0 unspecified atom stereocenters. The van der Waals surface area contributed by atoms with Crippen LogP contribution in [0, 0.1) is 0 Å². The predicted molar refractivity (Wildman–Crippen MR) is 74.9 cm³/mol. The third-order valence-electron chi connectivity index (χ3n) is 2.48. The Morgan fingerprint density at radius 3 is 2.68 bits per heavy atom. The molecular formula is C15H14ClNO2. The Hall–Kier alpha value is -1.87. The first-order valence-corrected chi connectivity index (χ1v) is 6.37. The van der Waals surface area contributed by atoms with Gasteiger partial charge < -0.3 is 4.74 Å². The summed E-state index contributed by atoms with van der Waals surface area (Å²) in [5, 5.41) is 0.299. The highest BCUT2D eigenvalue weighted by atomic mass is 35.5. The predicted octanol–water partition coefficient (Wildman–Crippen LogP) is 3.75. The molecule has 3 nitrogen and oxygen atoms in total. The second kappa shape index (κ2) is 5.85. The van der Waals surface area contributed by atoms with E-state index in [-0.39, 0.29) is 11.9 Å². The van der Waals surface area contributed by atoms with Gasteiger partial charge in [-0.05, 0) is 38.1 Å². The largest absolute Gasteiger partial charge is 0.490 e. The number of nitrogens with zero attached hydrogens (tertiary/aromatic N) is 1. The molecule has 1 aromatic carbocycles. The van der Waals surface area contributed by atoms with E-state index < -0.39 is 0 Å². The first-order valence-electron chi connectivity index (χ1n) is 6.00. The van der Waals surface area contributed by atoms with Gasteiger partial charge in [0.2, 0.25) is 0 Å². The van der Waals surface area contributed by atoms with Gasteiger partial charge in [-0.1, -0.05) is 23.7 Å². The Balaban J connectivity index is 2.39. The van der Waals surface area contributed by atoms with Crippen molar-refractivity contribution >= 4 is 17.4 Å². The first kappa shape index (κ1) is 13.6. The molecule has 0 spiro atoms. The van der Waals surface area contributed by atoms with Gasteiger partial charge in [0.1, 0.15) is 10.9 Å². The van der Waals surface area contributed by atoms with Gasteiger partial charge >= 0.3 is 0 Å². The molecule has 2 aromatic rings. The molecular weight excluding hydrogens is 262 g/mol. The first-order chi connectivity index (χ1) is 9.08. The maximum absolute atomic E-state index is 12.4. The topological polar surface area (TPSA) is 39.2 Å². The van der Waals surface area contributed by atoms with E-state index in [2.05, 4.69) is 4.98 Å². The standard InChI is InChI=1S/C15H14ClNO2/c1-10(2)19-13-6-4-3-5-12(13)15(18)11-7-8-17-14(16)9-11/h3-10H,1-2H3. The molecule has 98 valence electrons. The zero-order valence-corrected chi connectivity index (χ0v) is 11.5. The number of hydrogen-bond donors (Lipinski definition) is 0. The van der Waals surface area contributed by atoms with Gasteiger partial charge in [0.05, 0.1) is 11.7 Å². The average molecular weight is 276 g/mol. The fourth-order valence-corrected chi connectivity index (χ4v) is 1.88. The summed E-state index contributed by atoms with van der Waals surface area (Å²) in [6, 6.07) is 10.4. The average Bonchev–Trinajstić information content (AvgIpc) is 2.38. The minimum absolute atomic E-state index is 0.00924. The van der Waals surface area contributed by atoms with E-state index >= 15 is 0 Å². The van der Waals surface area contributed by atoms with Gasteiger partial charge in [-0.3, -0.25) is 4.79 Å². The Morgan fingerprint density at radius 2 is 2.00 bits per heavy atom. The zero-order chi connectivity index (χ0) is 13.8. The number of carbonyl (C=O) groups excluding carboxylic acids is 1. The van der Waals surface area contributed by atoms with Crippen molar-refractivity contribution in [3.8, 4) is 5.75 Å². The van der Waals surface area contributed by atoms with Crippen molar-refractivity contribution in [1.82, 2.24) is 4.98 Å². The summed E-state index contributed by atoms with van der Waals surface area (Å²) >= 11 is 5.81. The molecule has 19 heavy (non-hydrogen) atoms. The SMILES string of the molecule is CC(C)Oc1ccccc1C(=O)c1ccnc(Cl)c1. The molecule has 0 radical (unpaired) electrons. The number of pyridine rings is 1. The number of hydrogen-bond acceptors (Lipinski definition) is 3. The molecule has 1 heterocycles. The van der Waals surface area contributed by atoms with E-state index in [9.17, 15) is 4.79 Å². The third kappa shape index (κ3) is 3.32. The van der Waals surface area contributed by atoms with Gasteiger partial charge in [-0.25, -0.2) is 4.98 Å². The van der Waals surface area contributed by atoms with Crippen molar-refractivity contribution in [3.05, 3.63) is 58.9 Å². The Morgan fingerprint density at radius 1 is 1.26 bits per heavy atom. The quantitative estimate of drug-likeness (QED) is 0.630. The number of benzene rings is 1. The highest BCUT2D eigenvalue weighted by Crippen LogP contribution is 2.23. The minimum Gasteiger partial charge on any atom is -0.490 e. The van der Waals surface area contributed by atoms with E-state index in [1.165, 1.54) is 6.20 Å². The zero-order valence-electron chi connectivity index (χ0n) is 10.8. The Kier molecular flexibility index (Phi) is 4.17. The summed E-state index contributed by atoms with van der Waals surface area (Å²) in [6.45, 7) is 3.84. The van der Waals surface area contributed by atoms with Crippen LogP contribution in [0.15, 0.2) is 42.6 Å². The lowest BCUT2D eigenvalue weighted by Gasteiger charge is -2.13. The van der Waals surface area contributed by atoms with E-state index in [1.54, 1.807) is 24.3 Å². The number of halogens is 1. The number of carbonyl (C=O) groups is 1. The van der Waals surface area contributed by atoms with E-state index in [1.807, 2.05) is 26.0 Å². The molecule has 0 bridgehead atoms. The molecule has 0 saturated carbocycles. The Bertz CT molecular complexity index is 596. The monoisotopic (exact) mass is 275 g/mol. The van der Waals surface area contributed by atoms with Crippen LogP contribution in [-0.4, -0.2) is 16.9 Å². The van der Waals surface area contributed by atoms with E-state index in [0.29, 0.717) is 22.0 Å². The number of aromatic nitrogens is 1. The van der Waals surface area contributed by atoms with Crippen molar-refractivity contribution in [1.29, 1.82) is 0 Å². The lowest BCUT2D eigenvalue weighted by Crippen LogP contribution is -2.10. The highest BCUT2D eigenvalue weighted by molar-refractivity contribution is 6.30. The number of rotatable bonds is 4. The maximum Gasteiger partial charge on any atom is 0.196 e. The molecule has 1 aromatic heterocycles.